The van der Waals surface area contributed by atoms with Gasteiger partial charge in [0.15, 0.2) is 0 Å². The Bertz CT molecular complexity index is 493. The van der Waals surface area contributed by atoms with Gasteiger partial charge in [0.05, 0.1) is 4.90 Å². The quantitative estimate of drug-likeness (QED) is 0.853. The van der Waals surface area contributed by atoms with Gasteiger partial charge in [0.25, 0.3) is 0 Å². The lowest BCUT2D eigenvalue weighted by Crippen LogP contribution is -2.33. The molecule has 1 fully saturated rings. The van der Waals surface area contributed by atoms with E-state index in [-0.39, 0.29) is 6.04 Å². The number of hydrogen-bond acceptors (Lipinski definition) is 3. The first-order valence-corrected chi connectivity index (χ1v) is 7.86. The highest BCUT2D eigenvalue weighted by atomic mass is 32.2. The molecule has 5 heteroatoms. The minimum atomic E-state index is -3.39. The summed E-state index contributed by atoms with van der Waals surface area (Å²) in [6, 6.07) is 7.26. The molecule has 1 aliphatic carbocycles. The molecule has 18 heavy (non-hydrogen) atoms. The number of rotatable bonds is 5. The van der Waals surface area contributed by atoms with E-state index in [2.05, 4.69) is 10.0 Å². The third-order valence-electron chi connectivity index (χ3n) is 3.31. The molecule has 1 aliphatic rings. The van der Waals surface area contributed by atoms with Gasteiger partial charge in [-0.1, -0.05) is 31.0 Å². The number of sulfonamides is 1. The zero-order valence-corrected chi connectivity index (χ0v) is 11.5. The second kappa shape index (κ2) is 5.82. The maximum Gasteiger partial charge on any atom is 0.241 e. The lowest BCUT2D eigenvalue weighted by Gasteiger charge is -2.15. The summed E-state index contributed by atoms with van der Waals surface area (Å²) in [6.07, 6.45) is 4.14. The summed E-state index contributed by atoms with van der Waals surface area (Å²) in [5.74, 6) is 0. The molecule has 0 unspecified atom stereocenters. The summed E-state index contributed by atoms with van der Waals surface area (Å²) in [5.41, 5.74) is 0.811. The smallest absolute Gasteiger partial charge is 0.241 e. The lowest BCUT2D eigenvalue weighted by molar-refractivity contribution is 0.550. The highest BCUT2D eigenvalue weighted by Gasteiger charge is 2.24. The average molecular weight is 268 g/mol. The summed E-state index contributed by atoms with van der Waals surface area (Å²) in [6.45, 7) is 0.557. The van der Waals surface area contributed by atoms with E-state index in [9.17, 15) is 8.42 Å². The van der Waals surface area contributed by atoms with Crippen LogP contribution in [-0.2, 0) is 16.6 Å². The van der Waals surface area contributed by atoms with Gasteiger partial charge >= 0.3 is 0 Å². The minimum absolute atomic E-state index is 0.109. The first kappa shape index (κ1) is 13.5. The molecule has 2 rings (SSSR count). The van der Waals surface area contributed by atoms with Crippen molar-refractivity contribution in [3.63, 3.8) is 0 Å². The van der Waals surface area contributed by atoms with Crippen LogP contribution in [0, 0.1) is 0 Å². The molecule has 100 valence electrons. The molecule has 0 bridgehead atoms. The van der Waals surface area contributed by atoms with Crippen LogP contribution in [0.3, 0.4) is 0 Å². The van der Waals surface area contributed by atoms with Crippen LogP contribution in [0.1, 0.15) is 31.2 Å². The van der Waals surface area contributed by atoms with Crippen molar-refractivity contribution in [1.82, 2.24) is 10.0 Å². The SMILES string of the molecule is CNCc1ccccc1S(=O)(=O)NC1CCCC1. The maximum absolute atomic E-state index is 12.3. The van der Waals surface area contributed by atoms with Crippen LogP contribution in [0.2, 0.25) is 0 Å². The molecule has 0 saturated heterocycles. The first-order chi connectivity index (χ1) is 8.63. The van der Waals surface area contributed by atoms with E-state index in [0.717, 1.165) is 31.2 Å². The van der Waals surface area contributed by atoms with Gasteiger partial charge in [0.2, 0.25) is 10.0 Å². The Morgan fingerprint density at radius 1 is 1.22 bits per heavy atom. The van der Waals surface area contributed by atoms with E-state index in [1.165, 1.54) is 0 Å². The zero-order valence-electron chi connectivity index (χ0n) is 10.6. The van der Waals surface area contributed by atoms with E-state index in [1.54, 1.807) is 12.1 Å². The lowest BCUT2D eigenvalue weighted by atomic mass is 10.2. The third-order valence-corrected chi connectivity index (χ3v) is 4.93. The van der Waals surface area contributed by atoms with Crippen molar-refractivity contribution in [3.05, 3.63) is 29.8 Å². The Kier molecular flexibility index (Phi) is 4.37. The first-order valence-electron chi connectivity index (χ1n) is 6.38. The van der Waals surface area contributed by atoms with Gasteiger partial charge in [0, 0.05) is 12.6 Å². The summed E-state index contributed by atoms with van der Waals surface area (Å²) in [7, 11) is -1.57. The van der Waals surface area contributed by atoms with Crippen molar-refractivity contribution < 1.29 is 8.42 Å². The van der Waals surface area contributed by atoms with Gasteiger partial charge in [-0.15, -0.1) is 0 Å². The van der Waals surface area contributed by atoms with Crippen LogP contribution in [0.25, 0.3) is 0 Å². The van der Waals surface area contributed by atoms with Gasteiger partial charge in [0.1, 0.15) is 0 Å². The summed E-state index contributed by atoms with van der Waals surface area (Å²) in [5, 5.41) is 3.00. The zero-order chi connectivity index (χ0) is 13.0. The van der Waals surface area contributed by atoms with Crippen LogP contribution in [0.4, 0.5) is 0 Å². The van der Waals surface area contributed by atoms with Crippen molar-refractivity contribution >= 4 is 10.0 Å². The number of nitrogens with one attached hydrogen (secondary N) is 2. The van der Waals surface area contributed by atoms with Crippen molar-refractivity contribution in [2.24, 2.45) is 0 Å². The molecule has 1 aromatic rings. The fourth-order valence-electron chi connectivity index (χ4n) is 2.43. The highest BCUT2D eigenvalue weighted by Crippen LogP contribution is 2.21. The van der Waals surface area contributed by atoms with Gasteiger partial charge < -0.3 is 5.32 Å². The Hall–Kier alpha value is -0.910. The molecule has 4 nitrogen and oxygen atoms in total. The number of benzene rings is 1. The molecular weight excluding hydrogens is 248 g/mol. The maximum atomic E-state index is 12.3. The van der Waals surface area contributed by atoms with E-state index >= 15 is 0 Å². The second-order valence-corrected chi connectivity index (χ2v) is 6.42. The minimum Gasteiger partial charge on any atom is -0.316 e. The molecule has 2 N–H and O–H groups in total. The molecule has 0 aliphatic heterocycles. The van der Waals surface area contributed by atoms with Crippen molar-refractivity contribution in [3.8, 4) is 0 Å². The summed E-state index contributed by atoms with van der Waals surface area (Å²) >= 11 is 0. The van der Waals surface area contributed by atoms with Crippen molar-refractivity contribution in [1.29, 1.82) is 0 Å². The third kappa shape index (κ3) is 3.10. The normalized spacial score (nSPS) is 17.2. The largest absolute Gasteiger partial charge is 0.316 e. The molecule has 0 radical (unpaired) electrons. The summed E-state index contributed by atoms with van der Waals surface area (Å²) in [4.78, 5) is 0.395. The predicted octanol–water partition coefficient (Wildman–Crippen LogP) is 1.63. The molecule has 0 spiro atoms. The Morgan fingerprint density at radius 2 is 1.89 bits per heavy atom. The Morgan fingerprint density at radius 3 is 2.56 bits per heavy atom. The van der Waals surface area contributed by atoms with Crippen LogP contribution in [0.15, 0.2) is 29.2 Å². The molecular formula is C13H20N2O2S. The van der Waals surface area contributed by atoms with Gasteiger partial charge in [-0.3, -0.25) is 0 Å². The average Bonchev–Trinajstić information content (AvgIpc) is 2.82. The van der Waals surface area contributed by atoms with Crippen LogP contribution in [0.5, 0.6) is 0 Å². The van der Waals surface area contributed by atoms with Gasteiger partial charge in [-0.2, -0.15) is 0 Å². The van der Waals surface area contributed by atoms with Crippen LogP contribution >= 0.6 is 0 Å². The Labute approximate surface area is 109 Å². The molecule has 0 atom stereocenters. The second-order valence-electron chi connectivity index (χ2n) is 4.74. The molecule has 1 saturated carbocycles. The number of hydrogen-bond donors (Lipinski definition) is 2. The molecule has 0 aromatic heterocycles. The van der Waals surface area contributed by atoms with E-state index in [4.69, 9.17) is 0 Å². The molecule has 0 amide bonds. The fraction of sp³-hybridized carbons (Fsp3) is 0.538. The summed E-state index contributed by atoms with van der Waals surface area (Å²) < 4.78 is 27.5. The van der Waals surface area contributed by atoms with Gasteiger partial charge in [-0.05, 0) is 31.5 Å². The molecule has 1 aromatic carbocycles. The highest BCUT2D eigenvalue weighted by molar-refractivity contribution is 7.89. The van der Waals surface area contributed by atoms with Gasteiger partial charge in [-0.25, -0.2) is 13.1 Å². The van der Waals surface area contributed by atoms with Crippen LogP contribution < -0.4 is 10.0 Å². The fourth-order valence-corrected chi connectivity index (χ4v) is 3.97. The standard InChI is InChI=1S/C13H20N2O2S/c1-14-10-11-6-2-5-9-13(11)18(16,17)15-12-7-3-4-8-12/h2,5-6,9,12,14-15H,3-4,7-8,10H2,1H3. The molecule has 0 heterocycles. The van der Waals surface area contributed by atoms with E-state index < -0.39 is 10.0 Å². The van der Waals surface area contributed by atoms with Crippen molar-refractivity contribution in [2.45, 2.75) is 43.2 Å². The van der Waals surface area contributed by atoms with Crippen molar-refractivity contribution in [2.75, 3.05) is 7.05 Å². The topological polar surface area (TPSA) is 58.2 Å². The predicted molar refractivity (Wildman–Crippen MR) is 71.8 cm³/mol. The monoisotopic (exact) mass is 268 g/mol. The van der Waals surface area contributed by atoms with E-state index in [1.807, 2.05) is 19.2 Å². The Balaban J connectivity index is 2.22. The van der Waals surface area contributed by atoms with E-state index in [0.29, 0.717) is 11.4 Å². The van der Waals surface area contributed by atoms with Crippen LogP contribution in [-0.4, -0.2) is 21.5 Å².